The zero-order valence-electron chi connectivity index (χ0n) is 15.8. The van der Waals surface area contributed by atoms with Crippen LogP contribution in [0.25, 0.3) is 21.2 Å². The second kappa shape index (κ2) is 6.78. The van der Waals surface area contributed by atoms with Crippen molar-refractivity contribution in [3.63, 3.8) is 0 Å². The molecule has 29 heavy (non-hydrogen) atoms. The van der Waals surface area contributed by atoms with E-state index in [1.807, 2.05) is 19.9 Å². The van der Waals surface area contributed by atoms with E-state index in [1.54, 1.807) is 12.1 Å². The molecule has 0 aliphatic carbocycles. The molecule has 0 aliphatic rings. The summed E-state index contributed by atoms with van der Waals surface area (Å²) in [6, 6.07) is 9.23. The van der Waals surface area contributed by atoms with Crippen molar-refractivity contribution in [1.29, 1.82) is 0 Å². The first kappa shape index (κ1) is 19.3. The van der Waals surface area contributed by atoms with Gasteiger partial charge < -0.3 is 4.42 Å². The Morgan fingerprint density at radius 2 is 1.90 bits per heavy atom. The molecular weight excluding hydrogens is 412 g/mol. The van der Waals surface area contributed by atoms with Gasteiger partial charge in [-0.1, -0.05) is 17.4 Å². The van der Waals surface area contributed by atoms with Gasteiger partial charge in [0.1, 0.15) is 5.58 Å². The Balaban J connectivity index is 1.71. The number of carbonyl (C=O) groups excluding carboxylic acids is 1. The number of aryl methyl sites for hydroxylation is 2. The van der Waals surface area contributed by atoms with Gasteiger partial charge in [0.05, 0.1) is 20.5 Å². The van der Waals surface area contributed by atoms with Crippen molar-refractivity contribution in [2.45, 2.75) is 18.7 Å². The number of thiazole rings is 1. The van der Waals surface area contributed by atoms with Crippen LogP contribution < -0.4 is 10.7 Å². The van der Waals surface area contributed by atoms with Gasteiger partial charge >= 0.3 is 0 Å². The molecule has 0 saturated carbocycles. The number of hydrogen-bond donors (Lipinski definition) is 1. The minimum absolute atomic E-state index is 0.118. The number of nitrogens with one attached hydrogen (secondary N) is 1. The number of carbonyl (C=O) groups is 1. The van der Waals surface area contributed by atoms with E-state index < -0.39 is 15.7 Å². The van der Waals surface area contributed by atoms with E-state index in [0.29, 0.717) is 21.2 Å². The fraction of sp³-hybridized carbons (Fsp3) is 0.150. The molecule has 0 saturated heterocycles. The maximum Gasteiger partial charge on any atom is 0.293 e. The molecule has 0 fully saturated rings. The molecule has 0 atom stereocenters. The SMILES string of the molecule is Cc1ccc2c(=O)cc(C(=O)Nc3nc4ccc(S(C)(=O)=O)cc4s3)oc2c1C. The third kappa shape index (κ3) is 3.54. The highest BCUT2D eigenvalue weighted by Gasteiger charge is 2.17. The third-order valence-electron chi connectivity index (χ3n) is 4.65. The van der Waals surface area contributed by atoms with Crippen molar-refractivity contribution in [1.82, 2.24) is 4.98 Å². The van der Waals surface area contributed by atoms with Crippen LogP contribution in [0.2, 0.25) is 0 Å². The molecule has 0 spiro atoms. The molecule has 2 aromatic carbocycles. The van der Waals surface area contributed by atoms with Crippen molar-refractivity contribution in [3.8, 4) is 0 Å². The summed E-state index contributed by atoms with van der Waals surface area (Å²) in [5.74, 6) is -0.723. The molecule has 1 N–H and O–H groups in total. The maximum absolute atomic E-state index is 12.6. The number of anilines is 1. The lowest BCUT2D eigenvalue weighted by Crippen LogP contribution is -2.15. The van der Waals surface area contributed by atoms with E-state index in [2.05, 4.69) is 10.3 Å². The molecule has 7 nitrogen and oxygen atoms in total. The second-order valence-corrected chi connectivity index (χ2v) is 9.78. The van der Waals surface area contributed by atoms with E-state index >= 15 is 0 Å². The van der Waals surface area contributed by atoms with Crippen LogP contribution in [0.15, 0.2) is 50.5 Å². The quantitative estimate of drug-likeness (QED) is 0.534. The molecule has 0 unspecified atom stereocenters. The zero-order valence-corrected chi connectivity index (χ0v) is 17.4. The summed E-state index contributed by atoms with van der Waals surface area (Å²) in [5, 5.41) is 3.31. The molecule has 0 aliphatic heterocycles. The van der Waals surface area contributed by atoms with Gasteiger partial charge in [0.25, 0.3) is 5.91 Å². The first-order valence-corrected chi connectivity index (χ1v) is 11.3. The smallest absolute Gasteiger partial charge is 0.293 e. The van der Waals surface area contributed by atoms with Gasteiger partial charge in [-0.2, -0.15) is 0 Å². The van der Waals surface area contributed by atoms with Gasteiger partial charge in [0.2, 0.25) is 0 Å². The van der Waals surface area contributed by atoms with Crippen molar-refractivity contribution in [2.75, 3.05) is 11.6 Å². The average molecular weight is 428 g/mol. The topological polar surface area (TPSA) is 106 Å². The van der Waals surface area contributed by atoms with Gasteiger partial charge in [-0.05, 0) is 49.2 Å². The average Bonchev–Trinajstić information content (AvgIpc) is 3.05. The minimum atomic E-state index is -3.34. The summed E-state index contributed by atoms with van der Waals surface area (Å²) in [4.78, 5) is 29.5. The molecule has 9 heteroatoms. The molecule has 0 bridgehead atoms. The highest BCUT2D eigenvalue weighted by molar-refractivity contribution is 7.90. The Bertz CT molecular complexity index is 1470. The van der Waals surface area contributed by atoms with E-state index in [-0.39, 0.29) is 21.2 Å². The number of fused-ring (bicyclic) bond motifs is 2. The van der Waals surface area contributed by atoms with E-state index in [4.69, 9.17) is 4.42 Å². The maximum atomic E-state index is 12.6. The highest BCUT2D eigenvalue weighted by Crippen LogP contribution is 2.29. The number of hydrogen-bond acceptors (Lipinski definition) is 7. The first-order valence-electron chi connectivity index (χ1n) is 8.59. The predicted octanol–water partition coefficient (Wildman–Crippen LogP) is 3.68. The van der Waals surface area contributed by atoms with Crippen molar-refractivity contribution < 1.29 is 17.6 Å². The first-order chi connectivity index (χ1) is 13.6. The number of rotatable bonds is 3. The summed E-state index contributed by atoms with van der Waals surface area (Å²) in [7, 11) is -3.34. The number of aromatic nitrogens is 1. The number of benzene rings is 2. The Hall–Kier alpha value is -3.04. The second-order valence-electron chi connectivity index (χ2n) is 6.73. The lowest BCUT2D eigenvalue weighted by Gasteiger charge is -2.06. The number of nitrogens with zero attached hydrogens (tertiary/aromatic N) is 1. The monoisotopic (exact) mass is 428 g/mol. The van der Waals surface area contributed by atoms with E-state index in [9.17, 15) is 18.0 Å². The van der Waals surface area contributed by atoms with Crippen LogP contribution in [0.3, 0.4) is 0 Å². The molecule has 2 heterocycles. The molecule has 148 valence electrons. The zero-order chi connectivity index (χ0) is 20.9. The van der Waals surface area contributed by atoms with Crippen LogP contribution in [-0.4, -0.2) is 25.6 Å². The summed E-state index contributed by atoms with van der Waals surface area (Å²) < 4.78 is 29.7. The van der Waals surface area contributed by atoms with Crippen LogP contribution in [0, 0.1) is 13.8 Å². The van der Waals surface area contributed by atoms with E-state index in [0.717, 1.165) is 34.8 Å². The normalized spacial score (nSPS) is 11.8. The van der Waals surface area contributed by atoms with Crippen LogP contribution in [0.5, 0.6) is 0 Å². The summed E-state index contributed by atoms with van der Waals surface area (Å²) >= 11 is 1.14. The molecule has 0 radical (unpaired) electrons. The van der Waals surface area contributed by atoms with Crippen molar-refractivity contribution in [2.24, 2.45) is 0 Å². The molecule has 2 aromatic heterocycles. The van der Waals surface area contributed by atoms with Gasteiger partial charge in [-0.3, -0.25) is 14.9 Å². The van der Waals surface area contributed by atoms with Crippen LogP contribution in [-0.2, 0) is 9.84 Å². The Morgan fingerprint density at radius 1 is 1.14 bits per heavy atom. The van der Waals surface area contributed by atoms with Crippen LogP contribution >= 0.6 is 11.3 Å². The lowest BCUT2D eigenvalue weighted by molar-refractivity contribution is 0.0997. The minimum Gasteiger partial charge on any atom is -0.450 e. The Kier molecular flexibility index (Phi) is 4.51. The van der Waals surface area contributed by atoms with Gasteiger partial charge in [-0.15, -0.1) is 0 Å². The van der Waals surface area contributed by atoms with Gasteiger partial charge in [-0.25, -0.2) is 13.4 Å². The Morgan fingerprint density at radius 3 is 2.62 bits per heavy atom. The van der Waals surface area contributed by atoms with Gasteiger partial charge in [0, 0.05) is 12.3 Å². The molecular formula is C20H16N2O5S2. The molecule has 1 amide bonds. The Labute approximate surface area is 169 Å². The molecule has 4 rings (SSSR count). The van der Waals surface area contributed by atoms with Crippen LogP contribution in [0.4, 0.5) is 5.13 Å². The fourth-order valence-electron chi connectivity index (χ4n) is 2.91. The van der Waals surface area contributed by atoms with Gasteiger partial charge in [0.15, 0.2) is 26.2 Å². The van der Waals surface area contributed by atoms with E-state index in [1.165, 1.54) is 12.1 Å². The highest BCUT2D eigenvalue weighted by atomic mass is 32.2. The number of sulfone groups is 1. The fourth-order valence-corrected chi connectivity index (χ4v) is 4.53. The largest absolute Gasteiger partial charge is 0.450 e. The molecule has 4 aromatic rings. The standard InChI is InChI=1S/C20H16N2O5S2/c1-10-4-6-13-15(23)9-16(27-18(13)11(10)2)19(24)22-20-21-14-7-5-12(29(3,25)26)8-17(14)28-20/h4-9H,1-3H3,(H,21,22,24). The number of amides is 1. The van der Waals surface area contributed by atoms with Crippen LogP contribution in [0.1, 0.15) is 21.7 Å². The van der Waals surface area contributed by atoms with Crippen molar-refractivity contribution in [3.05, 3.63) is 63.5 Å². The summed E-state index contributed by atoms with van der Waals surface area (Å²) in [6.45, 7) is 3.72. The predicted molar refractivity (Wildman–Crippen MR) is 113 cm³/mol. The summed E-state index contributed by atoms with van der Waals surface area (Å²) in [5.41, 5.74) is 2.38. The third-order valence-corrected chi connectivity index (χ3v) is 6.69. The lowest BCUT2D eigenvalue weighted by atomic mass is 10.1. The van der Waals surface area contributed by atoms with Crippen molar-refractivity contribution >= 4 is 53.4 Å². The summed E-state index contributed by atoms with van der Waals surface area (Å²) in [6.07, 6.45) is 1.13.